The molecule has 4 aromatic rings. The van der Waals surface area contributed by atoms with Gasteiger partial charge in [-0.3, -0.25) is 14.3 Å². The number of hydrogen-bond donors (Lipinski definition) is 1. The van der Waals surface area contributed by atoms with Crippen molar-refractivity contribution in [1.82, 2.24) is 14.4 Å². The van der Waals surface area contributed by atoms with E-state index in [1.807, 2.05) is 37.3 Å². The van der Waals surface area contributed by atoms with E-state index in [4.69, 9.17) is 0 Å². The predicted molar refractivity (Wildman–Crippen MR) is 143 cm³/mol. The van der Waals surface area contributed by atoms with Gasteiger partial charge in [0.1, 0.15) is 0 Å². The van der Waals surface area contributed by atoms with Gasteiger partial charge in [-0.15, -0.1) is 0 Å². The number of fused-ring (bicyclic) bond motifs is 1. The maximum Gasteiger partial charge on any atom is 0.338 e. The predicted octanol–water partition coefficient (Wildman–Crippen LogP) is 4.36. The number of carboxylic acid groups (broad SMARTS) is 1. The number of hydrogen-bond acceptors (Lipinski definition) is 4. The SMILES string of the molecule is Cc1cccc(-n2c(CN3CCN(CCc4ccccc4)CC3)c(C(=O)O)c3ccccc3c2=O)c1. The van der Waals surface area contributed by atoms with E-state index in [1.165, 1.54) is 5.56 Å². The molecule has 0 atom stereocenters. The molecule has 6 nitrogen and oxygen atoms in total. The average Bonchev–Trinajstić information content (AvgIpc) is 2.89. The van der Waals surface area contributed by atoms with Crippen molar-refractivity contribution in [3.63, 3.8) is 0 Å². The highest BCUT2D eigenvalue weighted by molar-refractivity contribution is 6.04. The number of aromatic carboxylic acids is 1. The van der Waals surface area contributed by atoms with Crippen LogP contribution in [0.3, 0.4) is 0 Å². The first-order valence-corrected chi connectivity index (χ1v) is 12.5. The summed E-state index contributed by atoms with van der Waals surface area (Å²) in [6.07, 6.45) is 1.02. The summed E-state index contributed by atoms with van der Waals surface area (Å²) in [6, 6.07) is 25.2. The smallest absolute Gasteiger partial charge is 0.338 e. The third kappa shape index (κ3) is 4.96. The molecule has 1 aliphatic rings. The van der Waals surface area contributed by atoms with Crippen molar-refractivity contribution in [2.75, 3.05) is 32.7 Å². The van der Waals surface area contributed by atoms with Crippen LogP contribution in [0.1, 0.15) is 27.2 Å². The van der Waals surface area contributed by atoms with Crippen LogP contribution in [0, 0.1) is 6.92 Å². The molecular formula is C30H31N3O3. The van der Waals surface area contributed by atoms with Gasteiger partial charge in [-0.25, -0.2) is 4.79 Å². The normalized spacial score (nSPS) is 14.8. The highest BCUT2D eigenvalue weighted by Gasteiger charge is 2.25. The third-order valence-corrected chi connectivity index (χ3v) is 7.06. The molecule has 5 rings (SSSR count). The molecule has 1 fully saturated rings. The fourth-order valence-corrected chi connectivity index (χ4v) is 5.14. The standard InChI is InChI=1S/C30H31N3O3/c1-22-8-7-11-24(20-22)33-27(28(30(35)36)25-12-5-6-13-26(25)29(33)34)21-32-18-16-31(17-19-32)15-14-23-9-3-2-4-10-23/h2-13,20H,14-19,21H2,1H3,(H,35,36). The van der Waals surface area contributed by atoms with E-state index in [1.54, 1.807) is 28.8 Å². The molecular weight excluding hydrogens is 450 g/mol. The minimum absolute atomic E-state index is 0.183. The van der Waals surface area contributed by atoms with Crippen LogP contribution < -0.4 is 5.56 Å². The molecule has 2 heterocycles. The van der Waals surface area contributed by atoms with Gasteiger partial charge < -0.3 is 10.0 Å². The summed E-state index contributed by atoms with van der Waals surface area (Å²) >= 11 is 0. The van der Waals surface area contributed by atoms with Crippen molar-refractivity contribution in [2.24, 2.45) is 0 Å². The molecule has 1 aromatic heterocycles. The molecule has 0 bridgehead atoms. The first-order chi connectivity index (χ1) is 17.5. The Morgan fingerprint density at radius 1 is 0.833 bits per heavy atom. The molecule has 3 aromatic carbocycles. The molecule has 0 aliphatic carbocycles. The van der Waals surface area contributed by atoms with E-state index < -0.39 is 5.97 Å². The Morgan fingerprint density at radius 3 is 2.19 bits per heavy atom. The zero-order valence-corrected chi connectivity index (χ0v) is 20.6. The van der Waals surface area contributed by atoms with Crippen LogP contribution in [0.2, 0.25) is 0 Å². The maximum atomic E-state index is 13.7. The molecule has 36 heavy (non-hydrogen) atoms. The summed E-state index contributed by atoms with van der Waals surface area (Å²) in [5, 5.41) is 11.2. The minimum Gasteiger partial charge on any atom is -0.478 e. The van der Waals surface area contributed by atoms with Gasteiger partial charge in [-0.2, -0.15) is 0 Å². The second-order valence-electron chi connectivity index (χ2n) is 9.51. The van der Waals surface area contributed by atoms with Gasteiger partial charge in [-0.1, -0.05) is 60.7 Å². The quantitative estimate of drug-likeness (QED) is 0.425. The van der Waals surface area contributed by atoms with Crippen molar-refractivity contribution in [3.8, 4) is 5.69 Å². The summed E-state index contributed by atoms with van der Waals surface area (Å²) in [5.74, 6) is -1.01. The number of aromatic nitrogens is 1. The van der Waals surface area contributed by atoms with Crippen LogP contribution in [0.5, 0.6) is 0 Å². The Morgan fingerprint density at radius 2 is 1.50 bits per heavy atom. The topological polar surface area (TPSA) is 65.8 Å². The van der Waals surface area contributed by atoms with Crippen LogP contribution in [0.25, 0.3) is 16.5 Å². The van der Waals surface area contributed by atoms with E-state index in [0.717, 1.165) is 44.7 Å². The van der Waals surface area contributed by atoms with E-state index in [0.29, 0.717) is 28.7 Å². The van der Waals surface area contributed by atoms with Crippen LogP contribution >= 0.6 is 0 Å². The van der Waals surface area contributed by atoms with Crippen molar-refractivity contribution in [2.45, 2.75) is 19.9 Å². The largest absolute Gasteiger partial charge is 0.478 e. The average molecular weight is 482 g/mol. The van der Waals surface area contributed by atoms with E-state index >= 15 is 0 Å². The summed E-state index contributed by atoms with van der Waals surface area (Å²) in [4.78, 5) is 31.0. The summed E-state index contributed by atoms with van der Waals surface area (Å²) in [6.45, 7) is 6.85. The fraction of sp³-hybridized carbons (Fsp3) is 0.267. The first-order valence-electron chi connectivity index (χ1n) is 12.5. The zero-order chi connectivity index (χ0) is 25.1. The second-order valence-corrected chi connectivity index (χ2v) is 9.51. The van der Waals surface area contributed by atoms with Crippen molar-refractivity contribution >= 4 is 16.7 Å². The lowest BCUT2D eigenvalue weighted by Gasteiger charge is -2.35. The highest BCUT2D eigenvalue weighted by atomic mass is 16.4. The number of rotatable bonds is 7. The van der Waals surface area contributed by atoms with E-state index in [-0.39, 0.29) is 11.1 Å². The van der Waals surface area contributed by atoms with Gasteiger partial charge in [0.25, 0.3) is 5.56 Å². The number of benzene rings is 3. The zero-order valence-electron chi connectivity index (χ0n) is 20.6. The van der Waals surface area contributed by atoms with Gasteiger partial charge in [0.05, 0.1) is 11.3 Å². The maximum absolute atomic E-state index is 13.7. The lowest BCUT2D eigenvalue weighted by Crippen LogP contribution is -2.47. The Hall–Kier alpha value is -3.74. The van der Waals surface area contributed by atoms with Gasteiger partial charge >= 0.3 is 5.97 Å². The summed E-state index contributed by atoms with van der Waals surface area (Å²) < 4.78 is 1.61. The van der Waals surface area contributed by atoms with Crippen molar-refractivity contribution in [1.29, 1.82) is 0 Å². The molecule has 0 saturated carbocycles. The number of aryl methyl sites for hydroxylation is 1. The summed E-state index contributed by atoms with van der Waals surface area (Å²) in [7, 11) is 0. The molecule has 6 heteroatoms. The van der Waals surface area contributed by atoms with Crippen molar-refractivity contribution in [3.05, 3.63) is 112 Å². The molecule has 0 amide bonds. The van der Waals surface area contributed by atoms with Crippen LogP contribution in [-0.4, -0.2) is 58.2 Å². The number of pyridine rings is 1. The van der Waals surface area contributed by atoms with E-state index in [2.05, 4.69) is 34.1 Å². The van der Waals surface area contributed by atoms with E-state index in [9.17, 15) is 14.7 Å². The molecule has 1 N–H and O–H groups in total. The molecule has 1 saturated heterocycles. The second kappa shape index (κ2) is 10.5. The minimum atomic E-state index is -1.01. The molecule has 1 aliphatic heterocycles. The van der Waals surface area contributed by atoms with Crippen LogP contribution in [0.15, 0.2) is 83.7 Å². The lowest BCUT2D eigenvalue weighted by molar-refractivity contribution is 0.0693. The third-order valence-electron chi connectivity index (χ3n) is 7.06. The Bertz CT molecular complexity index is 1440. The van der Waals surface area contributed by atoms with Gasteiger partial charge in [0.15, 0.2) is 0 Å². The Balaban J connectivity index is 1.45. The van der Waals surface area contributed by atoms with Crippen LogP contribution in [-0.2, 0) is 13.0 Å². The number of carbonyl (C=O) groups is 1. The first kappa shape index (κ1) is 24.0. The fourth-order valence-electron chi connectivity index (χ4n) is 5.14. The van der Waals surface area contributed by atoms with Gasteiger partial charge in [0, 0.05) is 55.7 Å². The molecule has 0 unspecified atom stereocenters. The number of carboxylic acids is 1. The molecule has 184 valence electrons. The lowest BCUT2D eigenvalue weighted by atomic mass is 10.0. The monoisotopic (exact) mass is 481 g/mol. The van der Waals surface area contributed by atoms with Gasteiger partial charge in [-0.05, 0) is 42.7 Å². The van der Waals surface area contributed by atoms with Gasteiger partial charge in [0.2, 0.25) is 0 Å². The van der Waals surface area contributed by atoms with Crippen molar-refractivity contribution < 1.29 is 9.90 Å². The number of piperazine rings is 1. The van der Waals surface area contributed by atoms with Crippen LogP contribution in [0.4, 0.5) is 0 Å². The summed E-state index contributed by atoms with van der Waals surface area (Å²) in [5.41, 5.74) is 3.61. The molecule has 0 spiro atoms. The number of nitrogens with zero attached hydrogens (tertiary/aromatic N) is 3. The highest BCUT2D eigenvalue weighted by Crippen LogP contribution is 2.25. The molecule has 0 radical (unpaired) electrons. The Kier molecular flexibility index (Phi) is 6.98. The Labute approximate surface area is 211 Å².